The summed E-state index contributed by atoms with van der Waals surface area (Å²) < 4.78 is 14.4. The Hall–Kier alpha value is -2.18. The number of amides is 1. The molecule has 0 saturated heterocycles. The number of ether oxygens (including phenoxy) is 2. The molecule has 3 aromatic rings. The van der Waals surface area contributed by atoms with Gasteiger partial charge in [0.1, 0.15) is 17.2 Å². The SMILES string of the molecule is CCn1c(C(=O)NCCc2ccc(OC)cc2OC)cc2sc(Cl)cc21. The van der Waals surface area contributed by atoms with Crippen LogP contribution in [-0.4, -0.2) is 31.2 Å². The lowest BCUT2D eigenvalue weighted by molar-refractivity contribution is 0.0945. The van der Waals surface area contributed by atoms with Crippen molar-refractivity contribution < 1.29 is 14.3 Å². The minimum atomic E-state index is -0.0844. The molecule has 0 unspecified atom stereocenters. The number of nitrogens with one attached hydrogen (secondary N) is 1. The molecule has 1 N–H and O–H groups in total. The fraction of sp³-hybridized carbons (Fsp3) is 0.316. The first-order valence-electron chi connectivity index (χ1n) is 8.35. The van der Waals surface area contributed by atoms with Crippen molar-refractivity contribution in [3.8, 4) is 11.5 Å². The van der Waals surface area contributed by atoms with Gasteiger partial charge in [0.05, 0.1) is 28.8 Å². The molecule has 7 heteroatoms. The zero-order valence-corrected chi connectivity index (χ0v) is 16.5. The second-order valence-corrected chi connectivity index (χ2v) is 7.47. The van der Waals surface area contributed by atoms with Crippen molar-refractivity contribution in [2.45, 2.75) is 19.9 Å². The topological polar surface area (TPSA) is 52.5 Å². The van der Waals surface area contributed by atoms with E-state index in [0.29, 0.717) is 25.2 Å². The van der Waals surface area contributed by atoms with E-state index < -0.39 is 0 Å². The molecule has 5 nitrogen and oxygen atoms in total. The number of hydrogen-bond donors (Lipinski definition) is 1. The maximum Gasteiger partial charge on any atom is 0.267 e. The van der Waals surface area contributed by atoms with Crippen LogP contribution < -0.4 is 14.8 Å². The summed E-state index contributed by atoms with van der Waals surface area (Å²) in [6.07, 6.45) is 0.673. The van der Waals surface area contributed by atoms with Crippen LogP contribution in [-0.2, 0) is 13.0 Å². The average molecular weight is 393 g/mol. The van der Waals surface area contributed by atoms with Gasteiger partial charge in [-0.15, -0.1) is 11.3 Å². The smallest absolute Gasteiger partial charge is 0.267 e. The Morgan fingerprint density at radius 3 is 2.73 bits per heavy atom. The number of rotatable bonds is 7. The molecular formula is C19H21ClN2O3S. The fourth-order valence-electron chi connectivity index (χ4n) is 3.00. The zero-order valence-electron chi connectivity index (χ0n) is 15.0. The van der Waals surface area contributed by atoms with Crippen molar-refractivity contribution in [3.63, 3.8) is 0 Å². The average Bonchev–Trinajstić information content (AvgIpc) is 3.17. The van der Waals surface area contributed by atoms with Gasteiger partial charge in [0.2, 0.25) is 0 Å². The van der Waals surface area contributed by atoms with Crippen LogP contribution in [0.2, 0.25) is 4.34 Å². The third-order valence-corrected chi connectivity index (χ3v) is 5.48. The van der Waals surface area contributed by atoms with Crippen LogP contribution >= 0.6 is 22.9 Å². The molecule has 0 fully saturated rings. The number of nitrogens with zero attached hydrogens (tertiary/aromatic N) is 1. The molecule has 1 amide bonds. The van der Waals surface area contributed by atoms with Crippen LogP contribution in [0.5, 0.6) is 11.5 Å². The van der Waals surface area contributed by atoms with Crippen molar-refractivity contribution in [1.82, 2.24) is 9.88 Å². The van der Waals surface area contributed by atoms with E-state index in [2.05, 4.69) is 5.32 Å². The van der Waals surface area contributed by atoms with Gasteiger partial charge in [-0.3, -0.25) is 4.79 Å². The van der Waals surface area contributed by atoms with Crippen molar-refractivity contribution in [2.24, 2.45) is 0 Å². The van der Waals surface area contributed by atoms with Gasteiger partial charge in [0.25, 0.3) is 5.91 Å². The molecule has 0 saturated carbocycles. The van der Waals surface area contributed by atoms with Gasteiger partial charge in [0, 0.05) is 19.2 Å². The highest BCUT2D eigenvalue weighted by Crippen LogP contribution is 2.32. The normalized spacial score (nSPS) is 10.9. The van der Waals surface area contributed by atoms with Crippen molar-refractivity contribution >= 4 is 39.1 Å². The first-order chi connectivity index (χ1) is 12.6. The van der Waals surface area contributed by atoms with Gasteiger partial charge >= 0.3 is 0 Å². The summed E-state index contributed by atoms with van der Waals surface area (Å²) in [7, 11) is 3.25. The molecule has 0 aliphatic carbocycles. The molecule has 0 bridgehead atoms. The van der Waals surface area contributed by atoms with E-state index in [1.54, 1.807) is 14.2 Å². The van der Waals surface area contributed by atoms with Crippen molar-refractivity contribution in [2.75, 3.05) is 20.8 Å². The maximum atomic E-state index is 12.6. The Bertz CT molecular complexity index is 932. The van der Waals surface area contributed by atoms with E-state index in [9.17, 15) is 4.79 Å². The molecule has 26 heavy (non-hydrogen) atoms. The Kier molecular flexibility index (Phi) is 5.74. The Morgan fingerprint density at radius 2 is 2.04 bits per heavy atom. The van der Waals surface area contributed by atoms with Gasteiger partial charge in [-0.2, -0.15) is 0 Å². The van der Waals surface area contributed by atoms with E-state index in [0.717, 1.165) is 31.6 Å². The first kappa shape index (κ1) is 18.6. The number of aryl methyl sites for hydroxylation is 1. The monoisotopic (exact) mass is 392 g/mol. The number of halogens is 1. The minimum absolute atomic E-state index is 0.0844. The lowest BCUT2D eigenvalue weighted by Gasteiger charge is -2.12. The van der Waals surface area contributed by atoms with Crippen LogP contribution in [0.1, 0.15) is 23.0 Å². The number of benzene rings is 1. The number of aromatic nitrogens is 1. The highest BCUT2D eigenvalue weighted by Gasteiger charge is 2.16. The highest BCUT2D eigenvalue weighted by molar-refractivity contribution is 7.22. The van der Waals surface area contributed by atoms with E-state index in [1.165, 1.54) is 11.3 Å². The van der Waals surface area contributed by atoms with Gasteiger partial charge in [-0.1, -0.05) is 17.7 Å². The zero-order chi connectivity index (χ0) is 18.7. The van der Waals surface area contributed by atoms with Crippen LogP contribution in [0.15, 0.2) is 30.3 Å². The second kappa shape index (κ2) is 8.01. The Balaban J connectivity index is 1.69. The molecule has 1 aromatic carbocycles. The molecule has 2 heterocycles. The van der Waals surface area contributed by atoms with Crippen LogP contribution in [0.3, 0.4) is 0 Å². The third kappa shape index (κ3) is 3.66. The minimum Gasteiger partial charge on any atom is -0.497 e. The number of thiophene rings is 1. The van der Waals surface area contributed by atoms with Crippen LogP contribution in [0, 0.1) is 0 Å². The van der Waals surface area contributed by atoms with Gasteiger partial charge in [0.15, 0.2) is 0 Å². The van der Waals surface area contributed by atoms with E-state index >= 15 is 0 Å². The molecule has 3 rings (SSSR count). The lowest BCUT2D eigenvalue weighted by atomic mass is 10.1. The summed E-state index contributed by atoms with van der Waals surface area (Å²) in [5.74, 6) is 1.42. The molecule has 0 atom stereocenters. The van der Waals surface area contributed by atoms with Crippen molar-refractivity contribution in [1.29, 1.82) is 0 Å². The van der Waals surface area contributed by atoms with Crippen LogP contribution in [0.25, 0.3) is 10.2 Å². The number of fused-ring (bicyclic) bond motifs is 1. The third-order valence-electron chi connectivity index (χ3n) is 4.28. The predicted octanol–water partition coefficient (Wildman–Crippen LogP) is 4.37. The number of carbonyl (C=O) groups excluding carboxylic acids is 1. The number of carbonyl (C=O) groups is 1. The maximum absolute atomic E-state index is 12.6. The molecule has 138 valence electrons. The van der Waals surface area contributed by atoms with Crippen molar-refractivity contribution in [3.05, 3.63) is 45.9 Å². The summed E-state index contributed by atoms with van der Waals surface area (Å²) in [5, 5.41) is 2.99. The van der Waals surface area contributed by atoms with E-state index in [1.807, 2.05) is 41.8 Å². The second-order valence-electron chi connectivity index (χ2n) is 5.76. The first-order valence-corrected chi connectivity index (χ1v) is 9.54. The number of methoxy groups -OCH3 is 2. The number of hydrogen-bond acceptors (Lipinski definition) is 4. The molecule has 2 aromatic heterocycles. The highest BCUT2D eigenvalue weighted by atomic mass is 35.5. The summed E-state index contributed by atoms with van der Waals surface area (Å²) in [5.41, 5.74) is 2.68. The lowest BCUT2D eigenvalue weighted by Crippen LogP contribution is -2.27. The van der Waals surface area contributed by atoms with Gasteiger partial charge in [-0.25, -0.2) is 0 Å². The summed E-state index contributed by atoms with van der Waals surface area (Å²) in [6.45, 7) is 3.25. The largest absolute Gasteiger partial charge is 0.497 e. The molecule has 0 spiro atoms. The molecule has 0 aliphatic heterocycles. The van der Waals surface area contributed by atoms with Crippen LogP contribution in [0.4, 0.5) is 0 Å². The molecule has 0 radical (unpaired) electrons. The predicted molar refractivity (Wildman–Crippen MR) is 106 cm³/mol. The molecule has 0 aliphatic rings. The summed E-state index contributed by atoms with van der Waals surface area (Å²) in [6, 6.07) is 9.50. The summed E-state index contributed by atoms with van der Waals surface area (Å²) >= 11 is 7.56. The Morgan fingerprint density at radius 1 is 1.23 bits per heavy atom. The Labute approximate surface area is 161 Å². The summed E-state index contributed by atoms with van der Waals surface area (Å²) in [4.78, 5) is 12.6. The fourth-order valence-corrected chi connectivity index (χ4v) is 4.18. The van der Waals surface area contributed by atoms with E-state index in [-0.39, 0.29) is 5.91 Å². The standard InChI is InChI=1S/C19H21ClN2O3S/c1-4-22-14-11-18(20)26-17(14)10-15(22)19(23)21-8-7-12-5-6-13(24-2)9-16(12)25-3/h5-6,9-11H,4,7-8H2,1-3H3,(H,21,23). The van der Waals surface area contributed by atoms with Gasteiger partial charge in [-0.05, 0) is 37.1 Å². The quantitative estimate of drug-likeness (QED) is 0.649. The van der Waals surface area contributed by atoms with Gasteiger partial charge < -0.3 is 19.4 Å². The van der Waals surface area contributed by atoms with E-state index in [4.69, 9.17) is 21.1 Å². The molecular weight excluding hydrogens is 372 g/mol.